The van der Waals surface area contributed by atoms with Gasteiger partial charge in [-0.1, -0.05) is 53.2 Å². The van der Waals surface area contributed by atoms with Crippen LogP contribution in [0.4, 0.5) is 5.82 Å². The van der Waals surface area contributed by atoms with E-state index in [1.54, 1.807) is 4.57 Å². The molecule has 1 N–H and O–H groups in total. The zero-order valence-electron chi connectivity index (χ0n) is 21.2. The van der Waals surface area contributed by atoms with E-state index in [0.29, 0.717) is 49.7 Å². The van der Waals surface area contributed by atoms with Crippen LogP contribution in [-0.2, 0) is 13.0 Å². The second-order valence-electron chi connectivity index (χ2n) is 9.44. The van der Waals surface area contributed by atoms with Crippen molar-refractivity contribution in [3.63, 3.8) is 0 Å². The summed E-state index contributed by atoms with van der Waals surface area (Å²) in [6.07, 6.45) is 2.25. The molecule has 0 aliphatic carbocycles. The van der Waals surface area contributed by atoms with Crippen LogP contribution in [0.15, 0.2) is 63.9 Å². The molecule has 1 aliphatic rings. The molecule has 0 saturated carbocycles. The Morgan fingerprint density at radius 2 is 1.83 bits per heavy atom. The topological polar surface area (TPSA) is 70.5 Å². The molecule has 2 heterocycles. The Hall–Kier alpha value is -2.97. The summed E-state index contributed by atoms with van der Waals surface area (Å²) in [6, 6.07) is 17.0. The van der Waals surface area contributed by atoms with Gasteiger partial charge in [0, 0.05) is 29.7 Å². The summed E-state index contributed by atoms with van der Waals surface area (Å²) in [4.78, 5) is 36.6. The van der Waals surface area contributed by atoms with E-state index in [9.17, 15) is 9.59 Å². The van der Waals surface area contributed by atoms with Crippen molar-refractivity contribution in [2.24, 2.45) is 0 Å². The van der Waals surface area contributed by atoms with Gasteiger partial charge in [-0.25, -0.2) is 4.98 Å². The summed E-state index contributed by atoms with van der Waals surface area (Å²) < 4.78 is 2.71. The summed E-state index contributed by atoms with van der Waals surface area (Å²) in [5.41, 5.74) is 2.35. The highest BCUT2D eigenvalue weighted by atomic mass is 79.9. The Kier molecular flexibility index (Phi) is 8.59. The number of nitrogens with zero attached hydrogens (tertiary/aromatic N) is 4. The van der Waals surface area contributed by atoms with Gasteiger partial charge in [-0.3, -0.25) is 14.2 Å². The van der Waals surface area contributed by atoms with Gasteiger partial charge in [0.1, 0.15) is 11.6 Å². The number of hydrogen-bond acceptors (Lipinski definition) is 5. The van der Waals surface area contributed by atoms with E-state index in [2.05, 4.69) is 26.1 Å². The molecule has 2 aromatic carbocycles. The van der Waals surface area contributed by atoms with Crippen LogP contribution in [0, 0.1) is 0 Å². The van der Waals surface area contributed by atoms with Crippen molar-refractivity contribution in [1.29, 1.82) is 0 Å². The van der Waals surface area contributed by atoms with Crippen LogP contribution in [0.25, 0.3) is 0 Å². The van der Waals surface area contributed by atoms with E-state index in [4.69, 9.17) is 4.98 Å². The molecule has 3 aromatic rings. The Morgan fingerprint density at radius 1 is 1.11 bits per heavy atom. The SMILES string of the molecule is CCC(c1nc2c(c(=O)n1Cc1ccccc1)CCCN2)N(CCN(C)C)C(=O)c1ccc(Br)cc1. The molecule has 36 heavy (non-hydrogen) atoms. The van der Waals surface area contributed by atoms with Gasteiger partial charge in [0.2, 0.25) is 0 Å². The summed E-state index contributed by atoms with van der Waals surface area (Å²) in [6.45, 7) is 4.48. The maximum Gasteiger partial charge on any atom is 0.259 e. The first-order chi connectivity index (χ1) is 17.4. The first kappa shape index (κ1) is 26.1. The second-order valence-corrected chi connectivity index (χ2v) is 10.4. The van der Waals surface area contributed by atoms with Crippen molar-refractivity contribution >= 4 is 27.7 Å². The molecular weight excluding hydrogens is 518 g/mol. The molecule has 7 nitrogen and oxygen atoms in total. The zero-order chi connectivity index (χ0) is 25.7. The van der Waals surface area contributed by atoms with Crippen molar-refractivity contribution in [3.05, 3.63) is 91.9 Å². The largest absolute Gasteiger partial charge is 0.370 e. The molecule has 0 fully saturated rings. The lowest BCUT2D eigenvalue weighted by Crippen LogP contribution is -2.43. The van der Waals surface area contributed by atoms with Gasteiger partial charge >= 0.3 is 0 Å². The smallest absolute Gasteiger partial charge is 0.259 e. The van der Waals surface area contributed by atoms with Crippen LogP contribution >= 0.6 is 15.9 Å². The predicted molar refractivity (Wildman–Crippen MR) is 148 cm³/mol. The summed E-state index contributed by atoms with van der Waals surface area (Å²) in [5, 5.41) is 3.33. The number of anilines is 1. The molecular formula is C28H34BrN5O2. The van der Waals surface area contributed by atoms with Gasteiger partial charge in [-0.2, -0.15) is 0 Å². The zero-order valence-corrected chi connectivity index (χ0v) is 22.8. The monoisotopic (exact) mass is 551 g/mol. The number of aromatic nitrogens is 2. The highest BCUT2D eigenvalue weighted by Crippen LogP contribution is 2.28. The van der Waals surface area contributed by atoms with Gasteiger partial charge < -0.3 is 15.1 Å². The first-order valence-corrected chi connectivity index (χ1v) is 13.3. The quantitative estimate of drug-likeness (QED) is 0.422. The lowest BCUT2D eigenvalue weighted by Gasteiger charge is -2.34. The Morgan fingerprint density at radius 3 is 2.50 bits per heavy atom. The van der Waals surface area contributed by atoms with Crippen LogP contribution in [0.3, 0.4) is 0 Å². The van der Waals surface area contributed by atoms with Crippen molar-refractivity contribution in [1.82, 2.24) is 19.4 Å². The van der Waals surface area contributed by atoms with Crippen molar-refractivity contribution in [2.75, 3.05) is 39.0 Å². The molecule has 1 amide bonds. The van der Waals surface area contributed by atoms with Crippen LogP contribution < -0.4 is 10.9 Å². The van der Waals surface area contributed by atoms with Crippen molar-refractivity contribution in [3.8, 4) is 0 Å². The van der Waals surface area contributed by atoms with E-state index in [-0.39, 0.29) is 17.5 Å². The van der Waals surface area contributed by atoms with Crippen LogP contribution in [-0.4, -0.2) is 59.0 Å². The van der Waals surface area contributed by atoms with Gasteiger partial charge in [0.15, 0.2) is 0 Å². The number of amides is 1. The number of likely N-dealkylation sites (N-methyl/N-ethyl adjacent to an activating group) is 1. The van der Waals surface area contributed by atoms with Crippen LogP contribution in [0.2, 0.25) is 0 Å². The Balaban J connectivity index is 1.83. The first-order valence-electron chi connectivity index (χ1n) is 12.5. The normalized spacial score (nSPS) is 13.7. The van der Waals surface area contributed by atoms with Gasteiger partial charge in [-0.15, -0.1) is 0 Å². The number of carbonyl (C=O) groups excluding carboxylic acids is 1. The molecule has 190 valence electrons. The molecule has 1 aliphatic heterocycles. The van der Waals surface area contributed by atoms with E-state index in [0.717, 1.165) is 28.6 Å². The molecule has 0 radical (unpaired) electrons. The number of fused-ring (bicyclic) bond motifs is 1. The molecule has 4 rings (SSSR count). The number of carbonyl (C=O) groups is 1. The average molecular weight is 553 g/mol. The standard InChI is InChI=1S/C28H34BrN5O2/c1-4-24(33(18-17-32(2)3)27(35)21-12-14-22(29)15-13-21)26-31-25-23(11-8-16-30-25)28(36)34(26)19-20-9-6-5-7-10-20/h5-7,9-10,12-15,24,30H,4,8,11,16-19H2,1-3H3. The van der Waals surface area contributed by atoms with E-state index < -0.39 is 0 Å². The number of rotatable bonds is 9. The van der Waals surface area contributed by atoms with Crippen LogP contribution in [0.1, 0.15) is 53.1 Å². The number of halogens is 1. The lowest BCUT2D eigenvalue weighted by atomic mass is 10.1. The minimum absolute atomic E-state index is 0.0202. The molecule has 0 bridgehead atoms. The predicted octanol–water partition coefficient (Wildman–Crippen LogP) is 4.57. The third-order valence-corrected chi connectivity index (χ3v) is 7.10. The van der Waals surface area contributed by atoms with E-state index >= 15 is 0 Å². The molecule has 1 aromatic heterocycles. The molecule has 8 heteroatoms. The highest BCUT2D eigenvalue weighted by molar-refractivity contribution is 9.10. The molecule has 1 atom stereocenters. The third kappa shape index (κ3) is 5.87. The Bertz CT molecular complexity index is 1240. The fourth-order valence-corrected chi connectivity index (χ4v) is 4.90. The minimum Gasteiger partial charge on any atom is -0.370 e. The maximum atomic E-state index is 13.8. The van der Waals surface area contributed by atoms with Gasteiger partial charge in [-0.05, 0) is 63.2 Å². The Labute approximate surface area is 221 Å². The van der Waals surface area contributed by atoms with Crippen LogP contribution in [0.5, 0.6) is 0 Å². The summed E-state index contributed by atoms with van der Waals surface area (Å²) in [5.74, 6) is 1.22. The molecule has 1 unspecified atom stereocenters. The number of hydrogen-bond donors (Lipinski definition) is 1. The average Bonchev–Trinajstić information content (AvgIpc) is 2.89. The highest BCUT2D eigenvalue weighted by Gasteiger charge is 2.31. The fourth-order valence-electron chi connectivity index (χ4n) is 4.63. The number of benzene rings is 2. The number of nitrogens with one attached hydrogen (secondary N) is 1. The summed E-state index contributed by atoms with van der Waals surface area (Å²) >= 11 is 3.46. The van der Waals surface area contributed by atoms with E-state index in [1.807, 2.05) is 80.5 Å². The van der Waals surface area contributed by atoms with Gasteiger partial charge in [0.05, 0.1) is 18.2 Å². The lowest BCUT2D eigenvalue weighted by molar-refractivity contribution is 0.0641. The van der Waals surface area contributed by atoms with Crippen molar-refractivity contribution in [2.45, 2.75) is 38.8 Å². The minimum atomic E-state index is -0.355. The second kappa shape index (κ2) is 11.8. The molecule has 0 saturated heterocycles. The van der Waals surface area contributed by atoms with Crippen molar-refractivity contribution < 1.29 is 4.79 Å². The third-order valence-electron chi connectivity index (χ3n) is 6.57. The summed E-state index contributed by atoms with van der Waals surface area (Å²) in [7, 11) is 3.99. The van der Waals surface area contributed by atoms with E-state index in [1.165, 1.54) is 0 Å². The maximum absolute atomic E-state index is 13.8. The van der Waals surface area contributed by atoms with Gasteiger partial charge in [0.25, 0.3) is 11.5 Å². The molecule has 0 spiro atoms. The fraction of sp³-hybridized carbons (Fsp3) is 0.393.